The average Bonchev–Trinajstić information content (AvgIpc) is 3.80. The number of allylic oxidation sites excluding steroid dienone is 4. The van der Waals surface area contributed by atoms with Crippen LogP contribution in [-0.4, -0.2) is 9.97 Å². The van der Waals surface area contributed by atoms with Crippen molar-refractivity contribution in [1.82, 2.24) is 9.97 Å². The fourth-order valence-electron chi connectivity index (χ4n) is 9.87. The standard InChI is InChI=1S/C67H53N3S/c1-4-6-24-59(5-2)70(61-26-12-21-53(41-61)49-17-10-19-51(39-49)57-22-13-34-68-44-57)60-25-11-20-52(40-60)48-16-9-18-50(38-48)54-30-28-46(3)63(42-54)62-27-8-7-15-56(62)36-47-29-32-66-64(37-47)65-43-55(31-33-67(65)71-66)58-23-14-35-69-45-58/h4,6-35,37-45H,5,36H2,1-3H3/b6-4-,59-24+. The van der Waals surface area contributed by atoms with Gasteiger partial charge in [-0.15, -0.1) is 11.3 Å². The van der Waals surface area contributed by atoms with Crippen molar-refractivity contribution < 1.29 is 0 Å². The van der Waals surface area contributed by atoms with Crippen LogP contribution >= 0.6 is 11.3 Å². The summed E-state index contributed by atoms with van der Waals surface area (Å²) in [6.07, 6.45) is 15.7. The van der Waals surface area contributed by atoms with Gasteiger partial charge in [0.25, 0.3) is 0 Å². The molecule has 11 rings (SSSR count). The molecule has 0 bridgehead atoms. The summed E-state index contributed by atoms with van der Waals surface area (Å²) in [6, 6.07) is 73.6. The lowest BCUT2D eigenvalue weighted by Gasteiger charge is -2.28. The highest BCUT2D eigenvalue weighted by atomic mass is 32.1. The van der Waals surface area contributed by atoms with Gasteiger partial charge in [-0.25, -0.2) is 0 Å². The van der Waals surface area contributed by atoms with Crippen LogP contribution in [0.1, 0.15) is 37.0 Å². The third-order valence-electron chi connectivity index (χ3n) is 13.5. The van der Waals surface area contributed by atoms with Gasteiger partial charge in [-0.05, 0) is 184 Å². The molecule has 3 nitrogen and oxygen atoms in total. The summed E-state index contributed by atoms with van der Waals surface area (Å²) in [4.78, 5) is 11.2. The van der Waals surface area contributed by atoms with E-state index in [1.54, 1.807) is 0 Å². The van der Waals surface area contributed by atoms with Gasteiger partial charge >= 0.3 is 0 Å². The number of pyridine rings is 2. The normalized spacial score (nSPS) is 11.7. The molecule has 0 radical (unpaired) electrons. The van der Waals surface area contributed by atoms with Gasteiger partial charge in [0.05, 0.1) is 0 Å². The summed E-state index contributed by atoms with van der Waals surface area (Å²) in [7, 11) is 0. The number of hydrogen-bond acceptors (Lipinski definition) is 4. The van der Waals surface area contributed by atoms with Crippen molar-refractivity contribution in [3.05, 3.63) is 266 Å². The minimum atomic E-state index is 0.839. The fourth-order valence-corrected chi connectivity index (χ4v) is 10.9. The van der Waals surface area contributed by atoms with E-state index in [9.17, 15) is 0 Å². The van der Waals surface area contributed by atoms with Gasteiger partial charge in [-0.1, -0.05) is 140 Å². The largest absolute Gasteiger partial charge is 0.314 e. The molecule has 342 valence electrons. The lowest BCUT2D eigenvalue weighted by Crippen LogP contribution is -2.16. The van der Waals surface area contributed by atoms with E-state index in [4.69, 9.17) is 0 Å². The van der Waals surface area contributed by atoms with Gasteiger partial charge in [-0.2, -0.15) is 0 Å². The molecule has 8 aromatic carbocycles. The van der Waals surface area contributed by atoms with Gasteiger partial charge in [0.15, 0.2) is 0 Å². The molecule has 71 heavy (non-hydrogen) atoms. The minimum absolute atomic E-state index is 0.839. The zero-order valence-electron chi connectivity index (χ0n) is 40.3. The monoisotopic (exact) mass is 931 g/mol. The SMILES string of the molecule is C/C=C\C=C(/CC)N(c1cccc(-c2cccc(-c3cccnc3)c2)c1)c1cccc(-c2cccc(-c3ccc(C)c(-c4ccccc4Cc4ccc5sc6ccc(-c7cccnc7)cc6c5c4)c3)c2)c1. The number of anilines is 2. The maximum atomic E-state index is 4.37. The summed E-state index contributed by atoms with van der Waals surface area (Å²) in [5.74, 6) is 0. The van der Waals surface area contributed by atoms with E-state index in [0.717, 1.165) is 57.6 Å². The Morgan fingerprint density at radius 3 is 1.61 bits per heavy atom. The van der Waals surface area contributed by atoms with Crippen molar-refractivity contribution in [3.8, 4) is 66.8 Å². The second kappa shape index (κ2) is 20.3. The highest BCUT2D eigenvalue weighted by Gasteiger charge is 2.17. The smallest absolute Gasteiger partial charge is 0.0464 e. The molecule has 3 aromatic heterocycles. The Morgan fingerprint density at radius 2 is 1.00 bits per heavy atom. The molecule has 0 amide bonds. The first-order valence-corrected chi connectivity index (χ1v) is 25.3. The number of benzene rings is 8. The van der Waals surface area contributed by atoms with Crippen LogP contribution in [0.3, 0.4) is 0 Å². The Morgan fingerprint density at radius 1 is 0.479 bits per heavy atom. The average molecular weight is 932 g/mol. The molecule has 0 saturated carbocycles. The van der Waals surface area contributed by atoms with Crippen LogP contribution in [0, 0.1) is 6.92 Å². The fraction of sp³-hybridized carbons (Fsp3) is 0.0746. The van der Waals surface area contributed by atoms with Gasteiger partial charge < -0.3 is 4.90 Å². The summed E-state index contributed by atoms with van der Waals surface area (Å²) in [5, 5.41) is 2.61. The van der Waals surface area contributed by atoms with E-state index >= 15 is 0 Å². The molecule has 11 aromatic rings. The highest BCUT2D eigenvalue weighted by Crippen LogP contribution is 2.40. The molecule has 0 aliphatic rings. The molecule has 3 heterocycles. The second-order valence-electron chi connectivity index (χ2n) is 18.1. The first-order chi connectivity index (χ1) is 35.0. The van der Waals surface area contributed by atoms with Crippen molar-refractivity contribution in [2.24, 2.45) is 0 Å². The Hall–Kier alpha value is -8.44. The minimum Gasteiger partial charge on any atom is -0.314 e. The maximum absolute atomic E-state index is 4.37. The third kappa shape index (κ3) is 9.51. The number of nitrogens with zero attached hydrogens (tertiary/aromatic N) is 3. The van der Waals surface area contributed by atoms with Crippen LogP contribution in [0.4, 0.5) is 11.4 Å². The predicted octanol–water partition coefficient (Wildman–Crippen LogP) is 18.8. The summed E-state index contributed by atoms with van der Waals surface area (Å²) < 4.78 is 2.62. The van der Waals surface area contributed by atoms with Crippen LogP contribution in [0.25, 0.3) is 86.9 Å². The number of fused-ring (bicyclic) bond motifs is 3. The van der Waals surface area contributed by atoms with Crippen LogP contribution in [0.2, 0.25) is 0 Å². The van der Waals surface area contributed by atoms with Gasteiger partial charge in [0.2, 0.25) is 0 Å². The molecule has 0 unspecified atom stereocenters. The van der Waals surface area contributed by atoms with Crippen molar-refractivity contribution in [1.29, 1.82) is 0 Å². The highest BCUT2D eigenvalue weighted by molar-refractivity contribution is 7.25. The number of thiophene rings is 1. The Balaban J connectivity index is 0.904. The summed E-state index contributed by atoms with van der Waals surface area (Å²) >= 11 is 1.86. The van der Waals surface area contributed by atoms with Gasteiger partial charge in [0, 0.05) is 73.2 Å². The lowest BCUT2D eigenvalue weighted by atomic mass is 9.89. The quantitative estimate of drug-likeness (QED) is 0.108. The Labute approximate surface area is 421 Å². The van der Waals surface area contributed by atoms with Gasteiger partial charge in [-0.3, -0.25) is 9.97 Å². The summed E-state index contributed by atoms with van der Waals surface area (Å²) in [6.45, 7) is 6.54. The zero-order chi connectivity index (χ0) is 48.1. The van der Waals surface area contributed by atoms with Crippen molar-refractivity contribution >= 4 is 42.9 Å². The Bertz CT molecular complexity index is 3750. The van der Waals surface area contributed by atoms with E-state index in [2.05, 4.69) is 242 Å². The van der Waals surface area contributed by atoms with E-state index in [1.807, 2.05) is 48.3 Å². The maximum Gasteiger partial charge on any atom is 0.0464 e. The number of hydrogen-bond donors (Lipinski definition) is 0. The second-order valence-corrected chi connectivity index (χ2v) is 19.2. The van der Waals surface area contributed by atoms with Crippen molar-refractivity contribution in [3.63, 3.8) is 0 Å². The first-order valence-electron chi connectivity index (χ1n) is 24.5. The molecule has 0 saturated heterocycles. The van der Waals surface area contributed by atoms with E-state index in [-0.39, 0.29) is 0 Å². The summed E-state index contributed by atoms with van der Waals surface area (Å²) in [5.41, 5.74) is 21.5. The lowest BCUT2D eigenvalue weighted by molar-refractivity contribution is 1.01. The van der Waals surface area contributed by atoms with E-state index in [1.165, 1.54) is 75.9 Å². The molecular weight excluding hydrogens is 879 g/mol. The number of aryl methyl sites for hydroxylation is 1. The van der Waals surface area contributed by atoms with Crippen LogP contribution in [0.15, 0.2) is 249 Å². The van der Waals surface area contributed by atoms with Crippen LogP contribution in [0.5, 0.6) is 0 Å². The molecule has 0 aliphatic heterocycles. The zero-order valence-corrected chi connectivity index (χ0v) is 41.1. The number of aromatic nitrogens is 2. The van der Waals surface area contributed by atoms with Crippen LogP contribution < -0.4 is 4.90 Å². The number of rotatable bonds is 13. The van der Waals surface area contributed by atoms with E-state index < -0.39 is 0 Å². The third-order valence-corrected chi connectivity index (χ3v) is 14.7. The van der Waals surface area contributed by atoms with Gasteiger partial charge in [0.1, 0.15) is 0 Å². The molecular formula is C67H53N3S. The molecule has 0 aliphatic carbocycles. The van der Waals surface area contributed by atoms with Crippen molar-refractivity contribution in [2.75, 3.05) is 4.90 Å². The van der Waals surface area contributed by atoms with Crippen molar-refractivity contribution in [2.45, 2.75) is 33.6 Å². The molecule has 0 fully saturated rings. The van der Waals surface area contributed by atoms with E-state index in [0.29, 0.717) is 0 Å². The molecule has 0 atom stereocenters. The topological polar surface area (TPSA) is 29.0 Å². The Kier molecular flexibility index (Phi) is 12.9. The molecule has 0 N–H and O–H groups in total. The van der Waals surface area contributed by atoms with Crippen LogP contribution in [-0.2, 0) is 6.42 Å². The predicted molar refractivity (Wildman–Crippen MR) is 303 cm³/mol. The molecule has 0 spiro atoms. The first kappa shape index (κ1) is 45.0. The molecule has 4 heteroatoms.